The highest BCUT2D eigenvalue weighted by atomic mass is 19.1. The summed E-state index contributed by atoms with van der Waals surface area (Å²) in [6.07, 6.45) is 0. The molecule has 0 spiro atoms. The van der Waals surface area contributed by atoms with Crippen molar-refractivity contribution in [2.75, 3.05) is 0 Å². The fourth-order valence-electron chi connectivity index (χ4n) is 2.16. The van der Waals surface area contributed by atoms with E-state index in [0.29, 0.717) is 6.04 Å². The second-order valence-electron chi connectivity index (χ2n) is 5.21. The van der Waals surface area contributed by atoms with Crippen molar-refractivity contribution in [3.8, 4) is 11.1 Å². The second kappa shape index (κ2) is 5.98. The lowest BCUT2D eigenvalue weighted by Gasteiger charge is -2.13. The summed E-state index contributed by atoms with van der Waals surface area (Å²) >= 11 is 0. The molecule has 0 saturated heterocycles. The Balaban J connectivity index is 2.38. The Bertz CT molecular complexity index is 541. The molecule has 2 heteroatoms. The number of benzene rings is 2. The van der Waals surface area contributed by atoms with E-state index in [4.69, 9.17) is 0 Å². The van der Waals surface area contributed by atoms with E-state index < -0.39 is 0 Å². The lowest BCUT2D eigenvalue weighted by molar-refractivity contribution is 0.589. The Morgan fingerprint density at radius 3 is 2.53 bits per heavy atom. The van der Waals surface area contributed by atoms with Gasteiger partial charge in [0.1, 0.15) is 5.82 Å². The van der Waals surface area contributed by atoms with Gasteiger partial charge in [-0.25, -0.2) is 4.39 Å². The predicted octanol–water partition coefficient (Wildman–Crippen LogP) is 4.30. The standard InChI is InChI=1S/C17H20FN/c1-12(2)19-11-14-6-4-5-7-17(14)15-8-13(3)9-16(18)10-15/h4-10,12,19H,11H2,1-3H3. The first-order valence-electron chi connectivity index (χ1n) is 6.65. The molecular formula is C17H20FN. The molecule has 0 bridgehead atoms. The summed E-state index contributed by atoms with van der Waals surface area (Å²) in [7, 11) is 0. The van der Waals surface area contributed by atoms with E-state index in [0.717, 1.165) is 23.2 Å². The summed E-state index contributed by atoms with van der Waals surface area (Å²) < 4.78 is 13.5. The van der Waals surface area contributed by atoms with Crippen LogP contribution < -0.4 is 5.32 Å². The molecule has 0 amide bonds. The minimum Gasteiger partial charge on any atom is -0.310 e. The van der Waals surface area contributed by atoms with Crippen LogP contribution in [0.25, 0.3) is 11.1 Å². The smallest absolute Gasteiger partial charge is 0.124 e. The highest BCUT2D eigenvalue weighted by Crippen LogP contribution is 2.25. The van der Waals surface area contributed by atoms with Crippen LogP contribution in [-0.2, 0) is 6.54 Å². The van der Waals surface area contributed by atoms with Gasteiger partial charge in [0.2, 0.25) is 0 Å². The minimum absolute atomic E-state index is 0.179. The zero-order valence-electron chi connectivity index (χ0n) is 11.7. The molecule has 0 unspecified atom stereocenters. The quantitative estimate of drug-likeness (QED) is 0.861. The van der Waals surface area contributed by atoms with E-state index in [1.54, 1.807) is 12.1 Å². The molecule has 0 aliphatic carbocycles. The van der Waals surface area contributed by atoms with Crippen molar-refractivity contribution in [2.45, 2.75) is 33.4 Å². The number of halogens is 1. The van der Waals surface area contributed by atoms with Crippen LogP contribution in [0.5, 0.6) is 0 Å². The predicted molar refractivity (Wildman–Crippen MR) is 78.5 cm³/mol. The molecule has 100 valence electrons. The number of aryl methyl sites for hydroxylation is 1. The first kappa shape index (κ1) is 13.8. The van der Waals surface area contributed by atoms with E-state index in [-0.39, 0.29) is 5.82 Å². The lowest BCUT2D eigenvalue weighted by Crippen LogP contribution is -2.22. The first-order valence-corrected chi connectivity index (χ1v) is 6.65. The van der Waals surface area contributed by atoms with Crippen molar-refractivity contribution in [3.63, 3.8) is 0 Å². The van der Waals surface area contributed by atoms with Crippen LogP contribution in [0.1, 0.15) is 25.0 Å². The van der Waals surface area contributed by atoms with Gasteiger partial charge >= 0.3 is 0 Å². The second-order valence-corrected chi connectivity index (χ2v) is 5.21. The van der Waals surface area contributed by atoms with E-state index in [2.05, 4.69) is 25.2 Å². The Hall–Kier alpha value is -1.67. The lowest BCUT2D eigenvalue weighted by atomic mass is 9.98. The summed E-state index contributed by atoms with van der Waals surface area (Å²) in [4.78, 5) is 0. The third kappa shape index (κ3) is 3.65. The number of hydrogen-bond acceptors (Lipinski definition) is 1. The van der Waals surface area contributed by atoms with E-state index in [1.807, 2.05) is 31.2 Å². The fourth-order valence-corrected chi connectivity index (χ4v) is 2.16. The average Bonchev–Trinajstić information content (AvgIpc) is 2.35. The summed E-state index contributed by atoms with van der Waals surface area (Å²) in [6.45, 7) is 6.95. The molecule has 0 aliphatic rings. The first-order chi connectivity index (χ1) is 9.06. The van der Waals surface area contributed by atoms with E-state index in [9.17, 15) is 4.39 Å². The van der Waals surface area contributed by atoms with Crippen LogP contribution in [0.3, 0.4) is 0 Å². The van der Waals surface area contributed by atoms with Crippen LogP contribution in [0.4, 0.5) is 4.39 Å². The Morgan fingerprint density at radius 2 is 1.84 bits per heavy atom. The van der Waals surface area contributed by atoms with E-state index in [1.165, 1.54) is 5.56 Å². The molecule has 2 rings (SSSR count). The summed E-state index contributed by atoms with van der Waals surface area (Å²) in [5.41, 5.74) is 4.18. The number of hydrogen-bond donors (Lipinski definition) is 1. The van der Waals surface area contributed by atoms with Gasteiger partial charge in [-0.2, -0.15) is 0 Å². The zero-order chi connectivity index (χ0) is 13.8. The molecule has 0 heterocycles. The van der Waals surface area contributed by atoms with E-state index >= 15 is 0 Å². The maximum absolute atomic E-state index is 13.5. The van der Waals surface area contributed by atoms with Gasteiger partial charge in [0.15, 0.2) is 0 Å². The summed E-state index contributed by atoms with van der Waals surface area (Å²) in [5.74, 6) is -0.179. The van der Waals surface area contributed by atoms with Crippen LogP contribution in [-0.4, -0.2) is 6.04 Å². The molecule has 0 fully saturated rings. The molecule has 0 atom stereocenters. The van der Waals surface area contributed by atoms with Gasteiger partial charge in [-0.05, 0) is 41.3 Å². The van der Waals surface area contributed by atoms with Gasteiger partial charge in [-0.1, -0.05) is 44.2 Å². The normalized spacial score (nSPS) is 11.0. The summed E-state index contributed by atoms with van der Waals surface area (Å²) in [5, 5.41) is 3.41. The van der Waals surface area contributed by atoms with Crippen molar-refractivity contribution < 1.29 is 4.39 Å². The molecule has 19 heavy (non-hydrogen) atoms. The molecule has 2 aromatic rings. The van der Waals surface area contributed by atoms with Crippen molar-refractivity contribution >= 4 is 0 Å². The van der Waals surface area contributed by atoms with Crippen molar-refractivity contribution in [2.24, 2.45) is 0 Å². The minimum atomic E-state index is -0.179. The maximum Gasteiger partial charge on any atom is 0.124 e. The SMILES string of the molecule is Cc1cc(F)cc(-c2ccccc2CNC(C)C)c1. The number of nitrogens with one attached hydrogen (secondary N) is 1. The highest BCUT2D eigenvalue weighted by Gasteiger charge is 2.07. The van der Waals surface area contributed by atoms with Crippen molar-refractivity contribution in [1.29, 1.82) is 0 Å². The Kier molecular flexibility index (Phi) is 4.33. The van der Waals surface area contributed by atoms with Crippen LogP contribution in [0, 0.1) is 12.7 Å². The van der Waals surface area contributed by atoms with Gasteiger partial charge in [0.05, 0.1) is 0 Å². The molecule has 0 aromatic heterocycles. The van der Waals surface area contributed by atoms with Gasteiger partial charge in [-0.15, -0.1) is 0 Å². The zero-order valence-corrected chi connectivity index (χ0v) is 11.7. The van der Waals surface area contributed by atoms with Crippen molar-refractivity contribution in [3.05, 3.63) is 59.4 Å². The van der Waals surface area contributed by atoms with Gasteiger partial charge in [-0.3, -0.25) is 0 Å². The Labute approximate surface area is 114 Å². The maximum atomic E-state index is 13.5. The highest BCUT2D eigenvalue weighted by molar-refractivity contribution is 5.68. The molecule has 0 saturated carbocycles. The molecular weight excluding hydrogens is 237 g/mol. The largest absolute Gasteiger partial charge is 0.310 e. The molecule has 1 nitrogen and oxygen atoms in total. The van der Waals surface area contributed by atoms with Crippen LogP contribution in [0.15, 0.2) is 42.5 Å². The van der Waals surface area contributed by atoms with Gasteiger partial charge in [0, 0.05) is 12.6 Å². The summed E-state index contributed by atoms with van der Waals surface area (Å²) in [6, 6.07) is 13.8. The van der Waals surface area contributed by atoms with Crippen molar-refractivity contribution in [1.82, 2.24) is 5.32 Å². The third-order valence-electron chi connectivity index (χ3n) is 3.07. The van der Waals surface area contributed by atoms with Crippen LogP contribution in [0.2, 0.25) is 0 Å². The molecule has 0 radical (unpaired) electrons. The third-order valence-corrected chi connectivity index (χ3v) is 3.07. The number of rotatable bonds is 4. The molecule has 0 aliphatic heterocycles. The Morgan fingerprint density at radius 1 is 1.11 bits per heavy atom. The molecule has 1 N–H and O–H groups in total. The van der Waals surface area contributed by atoms with Gasteiger partial charge in [0.25, 0.3) is 0 Å². The fraction of sp³-hybridized carbons (Fsp3) is 0.294. The molecule has 2 aromatic carbocycles. The van der Waals surface area contributed by atoms with Crippen LogP contribution >= 0.6 is 0 Å². The van der Waals surface area contributed by atoms with Gasteiger partial charge < -0.3 is 5.32 Å². The average molecular weight is 257 g/mol. The topological polar surface area (TPSA) is 12.0 Å². The monoisotopic (exact) mass is 257 g/mol.